The second-order valence-electron chi connectivity index (χ2n) is 5.94. The summed E-state index contributed by atoms with van der Waals surface area (Å²) in [5.74, 6) is 0.989. The van der Waals surface area contributed by atoms with Crippen LogP contribution in [0.3, 0.4) is 0 Å². The summed E-state index contributed by atoms with van der Waals surface area (Å²) < 4.78 is 5.29. The van der Waals surface area contributed by atoms with Crippen molar-refractivity contribution in [2.24, 2.45) is 5.41 Å². The maximum atomic E-state index is 12.0. The van der Waals surface area contributed by atoms with Gasteiger partial charge in [0.2, 0.25) is 5.91 Å². The quantitative estimate of drug-likeness (QED) is 0.785. The van der Waals surface area contributed by atoms with E-state index in [0.29, 0.717) is 0 Å². The Bertz CT molecular complexity index is 584. The lowest BCUT2D eigenvalue weighted by Crippen LogP contribution is -2.18. The number of allylic oxidation sites excluding steroid dienone is 1. The van der Waals surface area contributed by atoms with Gasteiger partial charge in [-0.15, -0.1) is 0 Å². The predicted octanol–water partition coefficient (Wildman–Crippen LogP) is 2.55. The van der Waals surface area contributed by atoms with Crippen LogP contribution in [0.15, 0.2) is 23.8 Å². The largest absolute Gasteiger partial charge is 0.497 e. The van der Waals surface area contributed by atoms with E-state index in [1.54, 1.807) is 7.11 Å². The summed E-state index contributed by atoms with van der Waals surface area (Å²) in [7, 11) is 1.69. The van der Waals surface area contributed by atoms with Crippen LogP contribution in [0.1, 0.15) is 31.4 Å². The zero-order valence-electron chi connectivity index (χ0n) is 11.7. The Morgan fingerprint density at radius 1 is 1.32 bits per heavy atom. The fourth-order valence-electron chi connectivity index (χ4n) is 3.35. The van der Waals surface area contributed by atoms with E-state index >= 15 is 0 Å². The molecule has 0 radical (unpaired) electrons. The maximum Gasteiger partial charge on any atom is 0.247 e. The monoisotopic (exact) mass is 257 g/mol. The zero-order valence-corrected chi connectivity index (χ0v) is 11.7. The van der Waals surface area contributed by atoms with Crippen LogP contribution < -0.4 is 10.1 Å². The Hall–Kier alpha value is -1.77. The number of ether oxygens (including phenoxy) is 1. The van der Waals surface area contributed by atoms with Crippen molar-refractivity contribution < 1.29 is 9.53 Å². The highest BCUT2D eigenvalue weighted by molar-refractivity contribution is 6.04. The Morgan fingerprint density at radius 2 is 2.11 bits per heavy atom. The summed E-state index contributed by atoms with van der Waals surface area (Å²) >= 11 is 0. The van der Waals surface area contributed by atoms with Crippen molar-refractivity contribution in [3.63, 3.8) is 0 Å². The first-order valence-electron chi connectivity index (χ1n) is 6.72. The first-order chi connectivity index (χ1) is 9.03. The smallest absolute Gasteiger partial charge is 0.247 e. The summed E-state index contributed by atoms with van der Waals surface area (Å²) in [5, 5.41) is 2.92. The van der Waals surface area contributed by atoms with Crippen LogP contribution in [0.25, 0.3) is 5.57 Å². The van der Waals surface area contributed by atoms with Crippen molar-refractivity contribution in [2.45, 2.75) is 26.7 Å². The van der Waals surface area contributed by atoms with Gasteiger partial charge in [-0.25, -0.2) is 0 Å². The lowest BCUT2D eigenvalue weighted by atomic mass is 9.82. The average Bonchev–Trinajstić information content (AvgIpc) is 2.87. The highest BCUT2D eigenvalue weighted by atomic mass is 16.5. The first kappa shape index (κ1) is 12.3. The SMILES string of the molecule is COc1ccc2c(c1)CC(C)(C)/C2=C1/CCNC1=O. The van der Waals surface area contributed by atoms with Crippen molar-refractivity contribution in [3.05, 3.63) is 34.9 Å². The van der Waals surface area contributed by atoms with Crippen LogP contribution in [0.5, 0.6) is 5.75 Å². The Balaban J connectivity index is 2.19. The standard InChI is InChI=1S/C16H19NO2/c1-16(2)9-10-8-11(19-3)4-5-12(10)14(16)13-6-7-17-15(13)18/h4-5,8H,6-7,9H2,1-3H3,(H,17,18)/b14-13-. The summed E-state index contributed by atoms with van der Waals surface area (Å²) in [6.45, 7) is 5.19. The number of rotatable bonds is 1. The Kier molecular flexibility index (Phi) is 2.66. The minimum absolute atomic E-state index is 0.0196. The minimum atomic E-state index is 0.0196. The molecule has 1 aliphatic heterocycles. The van der Waals surface area contributed by atoms with Gasteiger partial charge < -0.3 is 10.1 Å². The molecule has 1 N–H and O–H groups in total. The molecule has 0 unspecified atom stereocenters. The molecule has 3 nitrogen and oxygen atoms in total. The van der Waals surface area contributed by atoms with Gasteiger partial charge in [-0.05, 0) is 47.1 Å². The van der Waals surface area contributed by atoms with Crippen LogP contribution in [0, 0.1) is 5.41 Å². The molecule has 100 valence electrons. The number of hydrogen-bond acceptors (Lipinski definition) is 2. The van der Waals surface area contributed by atoms with Gasteiger partial charge in [0.05, 0.1) is 7.11 Å². The number of nitrogens with one attached hydrogen (secondary N) is 1. The van der Waals surface area contributed by atoms with E-state index in [4.69, 9.17) is 4.74 Å². The first-order valence-corrected chi connectivity index (χ1v) is 6.72. The highest BCUT2D eigenvalue weighted by Gasteiger charge is 2.38. The molecule has 3 rings (SSSR count). The van der Waals surface area contributed by atoms with E-state index < -0.39 is 0 Å². The molecule has 1 saturated heterocycles. The molecule has 0 saturated carbocycles. The number of carbonyl (C=O) groups is 1. The van der Waals surface area contributed by atoms with E-state index in [0.717, 1.165) is 30.7 Å². The zero-order chi connectivity index (χ0) is 13.6. The third kappa shape index (κ3) is 1.84. The molecule has 3 heteroatoms. The van der Waals surface area contributed by atoms with Gasteiger partial charge in [-0.3, -0.25) is 4.79 Å². The highest BCUT2D eigenvalue weighted by Crippen LogP contribution is 2.49. The summed E-state index contributed by atoms with van der Waals surface area (Å²) in [6, 6.07) is 6.17. The van der Waals surface area contributed by atoms with E-state index in [-0.39, 0.29) is 11.3 Å². The maximum absolute atomic E-state index is 12.0. The molecule has 1 aromatic rings. The number of benzene rings is 1. The molecule has 19 heavy (non-hydrogen) atoms. The fourth-order valence-corrected chi connectivity index (χ4v) is 3.35. The number of methoxy groups -OCH3 is 1. The number of carbonyl (C=O) groups excluding carboxylic acids is 1. The Morgan fingerprint density at radius 3 is 2.74 bits per heavy atom. The Labute approximate surface area is 113 Å². The van der Waals surface area contributed by atoms with E-state index in [1.165, 1.54) is 16.7 Å². The van der Waals surface area contributed by atoms with Crippen LogP contribution in [0.4, 0.5) is 0 Å². The van der Waals surface area contributed by atoms with Gasteiger partial charge in [0.15, 0.2) is 0 Å². The number of amides is 1. The molecule has 0 bridgehead atoms. The van der Waals surface area contributed by atoms with Crippen molar-refractivity contribution >= 4 is 11.5 Å². The molecular formula is C16H19NO2. The molecular weight excluding hydrogens is 238 g/mol. The van der Waals surface area contributed by atoms with Crippen LogP contribution in [0.2, 0.25) is 0 Å². The minimum Gasteiger partial charge on any atom is -0.497 e. The molecule has 0 atom stereocenters. The summed E-state index contributed by atoms with van der Waals surface area (Å²) in [5.41, 5.74) is 4.71. The molecule has 1 aliphatic carbocycles. The molecule has 1 aromatic carbocycles. The topological polar surface area (TPSA) is 38.3 Å². The second kappa shape index (κ2) is 4.12. The van der Waals surface area contributed by atoms with Gasteiger partial charge in [-0.2, -0.15) is 0 Å². The van der Waals surface area contributed by atoms with Gasteiger partial charge >= 0.3 is 0 Å². The lowest BCUT2D eigenvalue weighted by Gasteiger charge is -2.21. The lowest BCUT2D eigenvalue weighted by molar-refractivity contribution is -0.116. The van der Waals surface area contributed by atoms with E-state index in [1.807, 2.05) is 6.07 Å². The van der Waals surface area contributed by atoms with Gasteiger partial charge in [0, 0.05) is 12.1 Å². The van der Waals surface area contributed by atoms with Gasteiger partial charge in [0.25, 0.3) is 0 Å². The van der Waals surface area contributed by atoms with Gasteiger partial charge in [0.1, 0.15) is 5.75 Å². The number of hydrogen-bond donors (Lipinski definition) is 1. The van der Waals surface area contributed by atoms with Crippen molar-refractivity contribution in [3.8, 4) is 5.75 Å². The summed E-state index contributed by atoms with van der Waals surface area (Å²) in [4.78, 5) is 12.0. The van der Waals surface area contributed by atoms with Crippen LogP contribution >= 0.6 is 0 Å². The normalized spacial score (nSPS) is 24.3. The van der Waals surface area contributed by atoms with Crippen LogP contribution in [-0.4, -0.2) is 19.6 Å². The number of fused-ring (bicyclic) bond motifs is 1. The van der Waals surface area contributed by atoms with Crippen molar-refractivity contribution in [1.82, 2.24) is 5.32 Å². The van der Waals surface area contributed by atoms with Gasteiger partial charge in [-0.1, -0.05) is 19.9 Å². The van der Waals surface area contributed by atoms with E-state index in [2.05, 4.69) is 31.3 Å². The molecule has 2 aliphatic rings. The average molecular weight is 257 g/mol. The molecule has 0 spiro atoms. The second-order valence-corrected chi connectivity index (χ2v) is 5.94. The van der Waals surface area contributed by atoms with Crippen LogP contribution in [-0.2, 0) is 11.2 Å². The van der Waals surface area contributed by atoms with Crippen molar-refractivity contribution in [1.29, 1.82) is 0 Å². The molecule has 1 heterocycles. The third-order valence-corrected chi connectivity index (χ3v) is 4.13. The molecule has 1 fully saturated rings. The predicted molar refractivity (Wildman–Crippen MR) is 75.0 cm³/mol. The third-order valence-electron chi connectivity index (χ3n) is 4.13. The fraction of sp³-hybridized carbons (Fsp3) is 0.438. The van der Waals surface area contributed by atoms with Crippen molar-refractivity contribution in [2.75, 3.05) is 13.7 Å². The van der Waals surface area contributed by atoms with E-state index in [9.17, 15) is 4.79 Å². The summed E-state index contributed by atoms with van der Waals surface area (Å²) in [6.07, 6.45) is 1.80. The molecule has 0 aromatic heterocycles. The molecule has 1 amide bonds.